The number of hydrogen-bond acceptors (Lipinski definition) is 5. The maximum absolute atomic E-state index is 10.4. The van der Waals surface area contributed by atoms with Gasteiger partial charge < -0.3 is 20.1 Å². The minimum Gasteiger partial charge on any atom is -0.490 e. The quantitative estimate of drug-likeness (QED) is 0.184. The standard InChI is InChI=1S/C38H45N3O2/c1-4-13-31(23-20-30-21-24-33(25-22-30)41(5-2)6-3)35-16-9-10-18-37(35)40-27-12-26-39-28-34(42)29-43-38-19-11-15-32-14-7-8-17-36(32)38/h4,7-11,13-25,34,39,42H,5-6,12,26-29H2,1-3H3/b13-4-,23-20-,35-31+,40-37?. The van der Waals surface area contributed by atoms with Gasteiger partial charge in [0.05, 0.1) is 5.71 Å². The third kappa shape index (κ3) is 9.40. The zero-order valence-corrected chi connectivity index (χ0v) is 25.7. The molecule has 1 atom stereocenters. The lowest BCUT2D eigenvalue weighted by molar-refractivity contribution is 0.107. The largest absolute Gasteiger partial charge is 0.490 e. The van der Waals surface area contributed by atoms with Crippen LogP contribution >= 0.6 is 0 Å². The lowest BCUT2D eigenvalue weighted by Crippen LogP contribution is -2.32. The van der Waals surface area contributed by atoms with Crippen LogP contribution in [0.5, 0.6) is 5.75 Å². The second kappa shape index (κ2) is 17.1. The van der Waals surface area contributed by atoms with Crippen molar-refractivity contribution in [1.29, 1.82) is 0 Å². The monoisotopic (exact) mass is 575 g/mol. The number of anilines is 1. The van der Waals surface area contributed by atoms with Crippen molar-refractivity contribution in [3.05, 3.63) is 126 Å². The van der Waals surface area contributed by atoms with Crippen LogP contribution in [0.4, 0.5) is 5.69 Å². The van der Waals surface area contributed by atoms with Crippen molar-refractivity contribution in [3.63, 3.8) is 0 Å². The van der Waals surface area contributed by atoms with Crippen LogP contribution < -0.4 is 15.0 Å². The molecular weight excluding hydrogens is 530 g/mol. The smallest absolute Gasteiger partial charge is 0.127 e. The number of rotatable bonds is 15. The molecule has 4 rings (SSSR count). The average Bonchev–Trinajstić information content (AvgIpc) is 3.05. The highest BCUT2D eigenvalue weighted by atomic mass is 16.5. The van der Waals surface area contributed by atoms with Crippen molar-refractivity contribution in [3.8, 4) is 5.75 Å². The molecule has 0 spiro atoms. The van der Waals surface area contributed by atoms with Crippen molar-refractivity contribution in [1.82, 2.24) is 5.32 Å². The van der Waals surface area contributed by atoms with E-state index in [9.17, 15) is 5.11 Å². The fourth-order valence-electron chi connectivity index (χ4n) is 5.08. The van der Waals surface area contributed by atoms with E-state index in [2.05, 4.69) is 103 Å². The molecule has 224 valence electrons. The summed E-state index contributed by atoms with van der Waals surface area (Å²) in [7, 11) is 0. The Bertz CT molecular complexity index is 1490. The number of aliphatic hydroxyl groups is 1. The molecule has 0 amide bonds. The first kappa shape index (κ1) is 31.7. The first-order valence-corrected chi connectivity index (χ1v) is 15.4. The summed E-state index contributed by atoms with van der Waals surface area (Å²) in [6, 6.07) is 22.8. The molecule has 1 aliphatic carbocycles. The lowest BCUT2D eigenvalue weighted by Gasteiger charge is -2.20. The van der Waals surface area contributed by atoms with Crippen LogP contribution in [0.25, 0.3) is 16.8 Å². The number of nitrogens with one attached hydrogen (secondary N) is 1. The van der Waals surface area contributed by atoms with Gasteiger partial charge in [0.2, 0.25) is 0 Å². The molecule has 3 aromatic rings. The molecule has 0 aliphatic heterocycles. The van der Waals surface area contributed by atoms with Gasteiger partial charge in [-0.25, -0.2) is 0 Å². The number of allylic oxidation sites excluding steroid dienone is 9. The maximum Gasteiger partial charge on any atom is 0.127 e. The van der Waals surface area contributed by atoms with Crippen LogP contribution in [0.1, 0.15) is 32.8 Å². The number of nitrogens with zero attached hydrogens (tertiary/aromatic N) is 2. The third-order valence-electron chi connectivity index (χ3n) is 7.39. The van der Waals surface area contributed by atoms with E-state index < -0.39 is 6.10 Å². The highest BCUT2D eigenvalue weighted by Gasteiger charge is 2.09. The SMILES string of the molecule is C\C=C/C(/C=C\c1ccc(N(CC)CC)cc1)=C1/C=CC=CC1=NCCCNCC(O)COc1cccc2ccccc12. The molecule has 5 nitrogen and oxygen atoms in total. The zero-order chi connectivity index (χ0) is 30.3. The zero-order valence-electron chi connectivity index (χ0n) is 25.7. The van der Waals surface area contributed by atoms with E-state index in [1.807, 2.05) is 43.3 Å². The van der Waals surface area contributed by atoms with Gasteiger partial charge in [-0.15, -0.1) is 0 Å². The molecule has 0 saturated carbocycles. The second-order valence-electron chi connectivity index (χ2n) is 10.5. The van der Waals surface area contributed by atoms with Crippen LogP contribution in [0, 0.1) is 0 Å². The van der Waals surface area contributed by atoms with E-state index in [4.69, 9.17) is 9.73 Å². The van der Waals surface area contributed by atoms with E-state index in [0.717, 1.165) is 59.4 Å². The van der Waals surface area contributed by atoms with E-state index in [1.54, 1.807) is 0 Å². The Morgan fingerprint density at radius 1 is 0.953 bits per heavy atom. The summed E-state index contributed by atoms with van der Waals surface area (Å²) >= 11 is 0. The Balaban J connectivity index is 1.28. The molecule has 2 N–H and O–H groups in total. The molecule has 1 unspecified atom stereocenters. The second-order valence-corrected chi connectivity index (χ2v) is 10.5. The van der Waals surface area contributed by atoms with Gasteiger partial charge in [-0.1, -0.05) is 91.1 Å². The summed E-state index contributed by atoms with van der Waals surface area (Å²) in [4.78, 5) is 7.26. The minimum atomic E-state index is -0.588. The van der Waals surface area contributed by atoms with Crippen molar-refractivity contribution in [2.75, 3.05) is 44.2 Å². The summed E-state index contributed by atoms with van der Waals surface area (Å²) in [6.07, 6.45) is 17.1. The number of hydrogen-bond donors (Lipinski definition) is 2. The molecule has 0 fully saturated rings. The fourth-order valence-corrected chi connectivity index (χ4v) is 5.08. The van der Waals surface area contributed by atoms with E-state index in [0.29, 0.717) is 13.1 Å². The number of ether oxygens (including phenoxy) is 1. The Hall–Kier alpha value is -4.19. The Morgan fingerprint density at radius 2 is 1.72 bits per heavy atom. The molecule has 1 aliphatic rings. The van der Waals surface area contributed by atoms with Crippen molar-refractivity contribution < 1.29 is 9.84 Å². The Labute approximate surface area is 257 Å². The normalized spacial score (nSPS) is 16.0. The van der Waals surface area contributed by atoms with E-state index >= 15 is 0 Å². The van der Waals surface area contributed by atoms with Gasteiger partial charge in [0, 0.05) is 42.8 Å². The number of fused-ring (bicyclic) bond motifs is 1. The molecule has 0 radical (unpaired) electrons. The predicted molar refractivity (Wildman–Crippen MR) is 184 cm³/mol. The number of aliphatic hydroxyl groups excluding tert-OH is 1. The number of aliphatic imine (C=N–C) groups is 1. The van der Waals surface area contributed by atoms with Gasteiger partial charge in [-0.2, -0.15) is 0 Å². The highest BCUT2D eigenvalue weighted by molar-refractivity contribution is 6.12. The fraction of sp³-hybridized carbons (Fsp3) is 0.289. The van der Waals surface area contributed by atoms with Gasteiger partial charge in [0.25, 0.3) is 0 Å². The van der Waals surface area contributed by atoms with Crippen LogP contribution in [-0.4, -0.2) is 56.3 Å². The lowest BCUT2D eigenvalue weighted by atomic mass is 9.97. The van der Waals surface area contributed by atoms with Crippen LogP contribution in [-0.2, 0) is 0 Å². The molecule has 43 heavy (non-hydrogen) atoms. The molecular formula is C38H45N3O2. The molecule has 5 heteroatoms. The first-order chi connectivity index (χ1) is 21.1. The van der Waals surface area contributed by atoms with Gasteiger partial charge in [-0.3, -0.25) is 4.99 Å². The topological polar surface area (TPSA) is 57.1 Å². The summed E-state index contributed by atoms with van der Waals surface area (Å²) < 4.78 is 5.92. The van der Waals surface area contributed by atoms with Crippen molar-refractivity contribution >= 4 is 28.2 Å². The van der Waals surface area contributed by atoms with Gasteiger partial charge >= 0.3 is 0 Å². The Kier molecular flexibility index (Phi) is 12.6. The van der Waals surface area contributed by atoms with Crippen molar-refractivity contribution in [2.24, 2.45) is 4.99 Å². The van der Waals surface area contributed by atoms with Crippen LogP contribution in [0.2, 0.25) is 0 Å². The predicted octanol–water partition coefficient (Wildman–Crippen LogP) is 7.56. The third-order valence-corrected chi connectivity index (χ3v) is 7.39. The van der Waals surface area contributed by atoms with Crippen LogP contribution in [0.15, 0.2) is 125 Å². The molecule has 3 aromatic carbocycles. The van der Waals surface area contributed by atoms with Gasteiger partial charge in [0.1, 0.15) is 18.5 Å². The van der Waals surface area contributed by atoms with Gasteiger partial charge in [0.15, 0.2) is 0 Å². The highest BCUT2D eigenvalue weighted by Crippen LogP contribution is 2.25. The summed E-state index contributed by atoms with van der Waals surface area (Å²) in [5.41, 5.74) is 5.65. The summed E-state index contributed by atoms with van der Waals surface area (Å²) in [6.45, 7) is 10.6. The van der Waals surface area contributed by atoms with Crippen LogP contribution in [0.3, 0.4) is 0 Å². The van der Waals surface area contributed by atoms with Crippen molar-refractivity contribution in [2.45, 2.75) is 33.3 Å². The minimum absolute atomic E-state index is 0.246. The molecule has 0 saturated heterocycles. The maximum atomic E-state index is 10.4. The summed E-state index contributed by atoms with van der Waals surface area (Å²) in [5, 5.41) is 16.0. The summed E-state index contributed by atoms with van der Waals surface area (Å²) in [5.74, 6) is 0.798. The molecule has 0 aromatic heterocycles. The Morgan fingerprint density at radius 3 is 2.51 bits per heavy atom. The van der Waals surface area contributed by atoms with E-state index in [-0.39, 0.29) is 6.61 Å². The molecule has 0 heterocycles. The van der Waals surface area contributed by atoms with Gasteiger partial charge in [-0.05, 0) is 74.5 Å². The number of benzene rings is 3. The molecule has 0 bridgehead atoms. The first-order valence-electron chi connectivity index (χ1n) is 15.4. The van der Waals surface area contributed by atoms with E-state index in [1.165, 1.54) is 11.3 Å². The average molecular weight is 576 g/mol.